The Bertz CT molecular complexity index is 941. The Morgan fingerprint density at radius 2 is 1.79 bits per heavy atom. The van der Waals surface area contributed by atoms with E-state index in [0.29, 0.717) is 29.4 Å². The quantitative estimate of drug-likeness (QED) is 0.642. The van der Waals surface area contributed by atoms with Crippen LogP contribution in [-0.4, -0.2) is 68.4 Å². The van der Waals surface area contributed by atoms with E-state index in [-0.39, 0.29) is 18.8 Å². The van der Waals surface area contributed by atoms with Gasteiger partial charge in [-0.15, -0.1) is 0 Å². The summed E-state index contributed by atoms with van der Waals surface area (Å²) >= 11 is 0. The topological polar surface area (TPSA) is 83.4 Å². The summed E-state index contributed by atoms with van der Waals surface area (Å²) < 4.78 is 11.2. The Morgan fingerprint density at radius 3 is 2.48 bits per heavy atom. The average Bonchev–Trinajstić information content (AvgIpc) is 2.88. The molecule has 1 N–H and O–H groups in total. The molecule has 2 saturated heterocycles. The third-order valence-electron chi connectivity index (χ3n) is 6.00. The highest BCUT2D eigenvalue weighted by molar-refractivity contribution is 5.68. The summed E-state index contributed by atoms with van der Waals surface area (Å²) in [5, 5.41) is 3.24. The van der Waals surface area contributed by atoms with Crippen LogP contribution in [0.25, 0.3) is 0 Å². The first-order valence-electron chi connectivity index (χ1n) is 11.4. The van der Waals surface area contributed by atoms with Crippen LogP contribution >= 0.6 is 0 Å². The Balaban J connectivity index is 1.31. The van der Waals surface area contributed by atoms with E-state index in [9.17, 15) is 9.70 Å². The second-order valence-corrected chi connectivity index (χ2v) is 8.18. The van der Waals surface area contributed by atoms with Crippen LogP contribution in [0, 0.1) is 4.91 Å². The number of nitrogens with one attached hydrogen (secondary N) is 1. The fourth-order valence-electron chi connectivity index (χ4n) is 4.09. The fourth-order valence-corrected chi connectivity index (χ4v) is 4.09. The second kappa shape index (κ2) is 11.0. The van der Waals surface area contributed by atoms with Gasteiger partial charge in [0.25, 0.3) is 4.92 Å². The number of nitrogens with zero attached hydrogens (tertiary/aromatic N) is 3. The van der Waals surface area contributed by atoms with Crippen molar-refractivity contribution >= 4 is 17.5 Å². The van der Waals surface area contributed by atoms with Crippen molar-refractivity contribution in [3.63, 3.8) is 0 Å². The first-order chi connectivity index (χ1) is 16.1. The van der Waals surface area contributed by atoms with Gasteiger partial charge in [-0.3, -0.25) is 0 Å². The van der Waals surface area contributed by atoms with E-state index in [4.69, 9.17) is 14.3 Å². The molecule has 0 aliphatic carbocycles. The Kier molecular flexibility index (Phi) is 7.62. The lowest BCUT2D eigenvalue weighted by molar-refractivity contribution is -0.750. The van der Waals surface area contributed by atoms with Gasteiger partial charge < -0.3 is 24.6 Å². The van der Waals surface area contributed by atoms with Crippen LogP contribution in [-0.2, 0) is 16.2 Å². The predicted octanol–water partition coefficient (Wildman–Crippen LogP) is 3.25. The normalized spacial score (nSPS) is 16.9. The van der Waals surface area contributed by atoms with Crippen molar-refractivity contribution in [1.29, 1.82) is 0 Å². The molecule has 2 fully saturated rings. The fraction of sp³-hybridized carbons (Fsp3) is 0.458. The van der Waals surface area contributed by atoms with Crippen LogP contribution < -0.4 is 15.0 Å². The maximum Gasteiger partial charge on any atom is 0.410 e. The Labute approximate surface area is 193 Å². The Morgan fingerprint density at radius 1 is 1.06 bits per heavy atom. The molecule has 9 nitrogen and oxygen atoms in total. The minimum Gasteiger partial charge on any atom is -0.490 e. The second-order valence-electron chi connectivity index (χ2n) is 8.18. The predicted molar refractivity (Wildman–Crippen MR) is 124 cm³/mol. The summed E-state index contributed by atoms with van der Waals surface area (Å²) in [6.07, 6.45) is 1.23. The van der Waals surface area contributed by atoms with Crippen molar-refractivity contribution in [2.75, 3.05) is 51.3 Å². The van der Waals surface area contributed by atoms with Gasteiger partial charge in [0.2, 0.25) is 5.75 Å². The third-order valence-corrected chi connectivity index (χ3v) is 6.00. The van der Waals surface area contributed by atoms with Crippen molar-refractivity contribution in [2.45, 2.75) is 25.6 Å². The maximum absolute atomic E-state index is 12.5. The zero-order valence-electron chi connectivity index (χ0n) is 18.9. The number of hydrogen-bond acceptors (Lipinski definition) is 7. The van der Waals surface area contributed by atoms with Gasteiger partial charge in [0.1, 0.15) is 6.10 Å². The highest BCUT2D eigenvalue weighted by Gasteiger charge is 2.28. The average molecular weight is 456 g/mol. The lowest BCUT2D eigenvalue weighted by Gasteiger charge is -2.35. The van der Waals surface area contributed by atoms with Gasteiger partial charge >= 0.3 is 11.8 Å². The van der Waals surface area contributed by atoms with Gasteiger partial charge in [-0.2, -0.15) is 0 Å². The zero-order chi connectivity index (χ0) is 23.0. The molecule has 0 unspecified atom stereocenters. The van der Waals surface area contributed by atoms with Crippen molar-refractivity contribution < 1.29 is 24.0 Å². The summed E-state index contributed by atoms with van der Waals surface area (Å²) in [4.78, 5) is 34.7. The van der Waals surface area contributed by atoms with Crippen molar-refractivity contribution in [3.05, 3.63) is 59.0 Å². The van der Waals surface area contributed by atoms with E-state index in [0.717, 1.165) is 50.3 Å². The van der Waals surface area contributed by atoms with Gasteiger partial charge in [-0.05, 0) is 11.6 Å². The summed E-state index contributed by atoms with van der Waals surface area (Å²) in [6, 6.07) is 15.0. The molecule has 0 radical (unpaired) electrons. The maximum atomic E-state index is 12.5. The lowest BCUT2D eigenvalue weighted by Crippen LogP contribution is -2.48. The van der Waals surface area contributed by atoms with Gasteiger partial charge in [-0.25, -0.2) is 9.63 Å². The number of amides is 1. The number of hydrogen-bond donors (Lipinski definition) is 1. The first kappa shape index (κ1) is 22.8. The number of ether oxygens (including phenoxy) is 2. The van der Waals surface area contributed by atoms with Crippen LogP contribution in [0.3, 0.4) is 0 Å². The monoisotopic (exact) mass is 455 g/mol. The molecule has 2 aromatic rings. The Hall–Kier alpha value is -3.33. The standard InChI is InChI=1S/C24H31N4O5/c1-31-23-17-20(7-8-22(23)28(30)32-18-19-5-3-2-4-6-19)26-13-9-21(10-14-26)33-24(29)27-15-11-25-12-16-27/h2-8,17,21,25H,9-16,18H2,1H3/q+1. The number of rotatable bonds is 7. The minimum absolute atomic E-state index is 0.0756. The summed E-state index contributed by atoms with van der Waals surface area (Å²) in [5.74, 6) is 0.447. The third kappa shape index (κ3) is 5.92. The largest absolute Gasteiger partial charge is 0.490 e. The highest BCUT2D eigenvalue weighted by Crippen LogP contribution is 2.33. The molecular weight excluding hydrogens is 424 g/mol. The van der Waals surface area contributed by atoms with Crippen LogP contribution in [0.1, 0.15) is 18.4 Å². The van der Waals surface area contributed by atoms with Gasteiger partial charge in [0.05, 0.1) is 12.0 Å². The summed E-state index contributed by atoms with van der Waals surface area (Å²) in [5.41, 5.74) is 2.19. The van der Waals surface area contributed by atoms with E-state index in [1.807, 2.05) is 42.5 Å². The van der Waals surface area contributed by atoms with E-state index in [2.05, 4.69) is 10.2 Å². The van der Waals surface area contributed by atoms with Crippen LogP contribution in [0.15, 0.2) is 48.5 Å². The van der Waals surface area contributed by atoms with E-state index in [1.165, 1.54) is 7.11 Å². The number of methoxy groups -OCH3 is 1. The van der Waals surface area contributed by atoms with Crippen LogP contribution in [0.5, 0.6) is 5.75 Å². The molecular formula is C24H31N4O5+. The smallest absolute Gasteiger partial charge is 0.410 e. The molecule has 0 saturated carbocycles. The molecule has 2 aliphatic rings. The summed E-state index contributed by atoms with van der Waals surface area (Å²) in [7, 11) is 1.54. The van der Waals surface area contributed by atoms with Crippen LogP contribution in [0.2, 0.25) is 0 Å². The molecule has 33 heavy (non-hydrogen) atoms. The number of carbonyl (C=O) groups is 1. The molecule has 176 valence electrons. The lowest BCUT2D eigenvalue weighted by atomic mass is 10.1. The van der Waals surface area contributed by atoms with Gasteiger partial charge in [-0.1, -0.05) is 30.3 Å². The number of benzene rings is 2. The van der Waals surface area contributed by atoms with E-state index in [1.54, 1.807) is 11.0 Å². The van der Waals surface area contributed by atoms with Crippen molar-refractivity contribution in [2.24, 2.45) is 0 Å². The van der Waals surface area contributed by atoms with Gasteiger partial charge in [0, 0.05) is 69.9 Å². The number of anilines is 1. The molecule has 0 aromatic heterocycles. The molecule has 1 amide bonds. The SMILES string of the molecule is COc1cc(N2CCC(OC(=O)N3CCNCC3)CC2)ccc1[N+](=O)OCc1ccccc1. The number of carbonyl (C=O) groups excluding carboxylic acids is 1. The molecule has 9 heteroatoms. The van der Waals surface area contributed by atoms with Crippen molar-refractivity contribution in [3.8, 4) is 5.75 Å². The van der Waals surface area contributed by atoms with Gasteiger partial charge in [0.15, 0.2) is 6.61 Å². The molecule has 0 bridgehead atoms. The minimum atomic E-state index is -0.216. The van der Waals surface area contributed by atoms with Crippen LogP contribution in [0.4, 0.5) is 16.2 Å². The van der Waals surface area contributed by atoms with E-state index < -0.39 is 0 Å². The number of piperazine rings is 1. The highest BCUT2D eigenvalue weighted by atomic mass is 16.8. The molecule has 2 aliphatic heterocycles. The zero-order valence-corrected chi connectivity index (χ0v) is 18.9. The number of piperidine rings is 1. The molecule has 2 heterocycles. The van der Waals surface area contributed by atoms with Crippen molar-refractivity contribution in [1.82, 2.24) is 10.2 Å². The summed E-state index contributed by atoms with van der Waals surface area (Å²) in [6.45, 7) is 4.69. The molecule has 2 aromatic carbocycles. The molecule has 0 atom stereocenters. The van der Waals surface area contributed by atoms with E-state index >= 15 is 0 Å². The molecule has 4 rings (SSSR count). The molecule has 0 spiro atoms. The first-order valence-corrected chi connectivity index (χ1v) is 11.4.